The molecule has 0 bridgehead atoms. The smallest absolute Gasteiger partial charge is 0.313 e. The maximum atomic E-state index is 12.9. The lowest BCUT2D eigenvalue weighted by Gasteiger charge is -2.34. The summed E-state index contributed by atoms with van der Waals surface area (Å²) in [5.74, 6) is -0.426. The molecule has 0 radical (unpaired) electrons. The predicted octanol–water partition coefficient (Wildman–Crippen LogP) is 3.89. The Balaban J connectivity index is 1.83. The first kappa shape index (κ1) is 13.2. The van der Waals surface area contributed by atoms with E-state index in [1.165, 1.54) is 25.7 Å². The molecule has 2 aliphatic rings. The number of hydrogen-bond acceptors (Lipinski definition) is 1. The fourth-order valence-electron chi connectivity index (χ4n) is 3.36. The van der Waals surface area contributed by atoms with Crippen LogP contribution in [0.15, 0.2) is 0 Å². The largest absolute Gasteiger partial charge is 0.393 e. The van der Waals surface area contributed by atoms with E-state index in [0.29, 0.717) is 25.2 Å². The standard InChI is InChI=1S/C13H22F3N/c14-13(15,16)11-6-3-9-17-12(11)8-7-10-4-1-2-5-10/h10-12,17H,1-9H2. The van der Waals surface area contributed by atoms with Crippen LogP contribution in [0.5, 0.6) is 0 Å². The lowest BCUT2D eigenvalue weighted by molar-refractivity contribution is -0.189. The molecule has 100 valence electrons. The van der Waals surface area contributed by atoms with Crippen LogP contribution in [0, 0.1) is 11.8 Å². The fraction of sp³-hybridized carbons (Fsp3) is 1.00. The van der Waals surface area contributed by atoms with Crippen LogP contribution in [0.4, 0.5) is 13.2 Å². The number of hydrogen-bond donors (Lipinski definition) is 1. The number of piperidine rings is 1. The Labute approximate surface area is 101 Å². The first-order chi connectivity index (χ1) is 8.07. The van der Waals surface area contributed by atoms with Crippen LogP contribution in [-0.2, 0) is 0 Å². The van der Waals surface area contributed by atoms with E-state index in [1.54, 1.807) is 0 Å². The summed E-state index contributed by atoms with van der Waals surface area (Å²) in [6, 6.07) is -0.329. The summed E-state index contributed by atoms with van der Waals surface area (Å²) in [6.07, 6.45) is 3.62. The van der Waals surface area contributed by atoms with E-state index in [4.69, 9.17) is 0 Å². The van der Waals surface area contributed by atoms with Crippen LogP contribution in [0.1, 0.15) is 51.4 Å². The van der Waals surface area contributed by atoms with E-state index >= 15 is 0 Å². The highest BCUT2D eigenvalue weighted by molar-refractivity contribution is 4.86. The molecule has 4 heteroatoms. The number of rotatable bonds is 3. The van der Waals surface area contributed by atoms with Gasteiger partial charge in [-0.05, 0) is 38.1 Å². The van der Waals surface area contributed by atoms with Crippen LogP contribution in [0.3, 0.4) is 0 Å². The van der Waals surface area contributed by atoms with Gasteiger partial charge in [-0.25, -0.2) is 0 Å². The minimum absolute atomic E-state index is 0.311. The second-order valence-corrected chi connectivity index (χ2v) is 5.58. The van der Waals surface area contributed by atoms with Crippen molar-refractivity contribution in [3.05, 3.63) is 0 Å². The molecular formula is C13H22F3N. The second kappa shape index (κ2) is 5.59. The summed E-state index contributed by atoms with van der Waals surface area (Å²) in [5, 5.41) is 3.08. The summed E-state index contributed by atoms with van der Waals surface area (Å²) in [6.45, 7) is 0.752. The first-order valence-electron chi connectivity index (χ1n) is 6.87. The molecule has 0 aromatic rings. The average Bonchev–Trinajstić information content (AvgIpc) is 2.78. The average molecular weight is 249 g/mol. The molecule has 2 rings (SSSR count). The van der Waals surface area contributed by atoms with Gasteiger partial charge in [0.05, 0.1) is 5.92 Å². The first-order valence-corrected chi connectivity index (χ1v) is 6.87. The zero-order valence-corrected chi connectivity index (χ0v) is 10.2. The second-order valence-electron chi connectivity index (χ2n) is 5.58. The number of alkyl halides is 3. The molecule has 0 spiro atoms. The lowest BCUT2D eigenvalue weighted by atomic mass is 9.85. The summed E-state index contributed by atoms with van der Waals surface area (Å²) in [7, 11) is 0. The molecule has 1 saturated heterocycles. The fourth-order valence-corrected chi connectivity index (χ4v) is 3.36. The van der Waals surface area contributed by atoms with Crippen molar-refractivity contribution in [2.24, 2.45) is 11.8 Å². The molecule has 1 N–H and O–H groups in total. The highest BCUT2D eigenvalue weighted by atomic mass is 19.4. The van der Waals surface area contributed by atoms with Crippen LogP contribution in [-0.4, -0.2) is 18.8 Å². The normalized spacial score (nSPS) is 31.9. The molecule has 2 fully saturated rings. The molecule has 0 aromatic carbocycles. The molecular weight excluding hydrogens is 227 g/mol. The van der Waals surface area contributed by atoms with E-state index in [9.17, 15) is 13.2 Å². The van der Waals surface area contributed by atoms with E-state index < -0.39 is 12.1 Å². The molecule has 2 atom stereocenters. The Morgan fingerprint density at radius 1 is 0.941 bits per heavy atom. The summed E-state index contributed by atoms with van der Waals surface area (Å²) >= 11 is 0. The van der Waals surface area contributed by atoms with Crippen LogP contribution in [0.25, 0.3) is 0 Å². The van der Waals surface area contributed by atoms with Crippen molar-refractivity contribution >= 4 is 0 Å². The Bertz CT molecular complexity index is 233. The van der Waals surface area contributed by atoms with Crippen molar-refractivity contribution in [1.82, 2.24) is 5.32 Å². The zero-order chi connectivity index (χ0) is 12.3. The van der Waals surface area contributed by atoms with Crippen molar-refractivity contribution in [2.75, 3.05) is 6.54 Å². The summed E-state index contributed by atoms with van der Waals surface area (Å²) in [5.41, 5.74) is 0. The van der Waals surface area contributed by atoms with Crippen LogP contribution < -0.4 is 5.32 Å². The van der Waals surface area contributed by atoms with Gasteiger partial charge in [-0.3, -0.25) is 0 Å². The minimum Gasteiger partial charge on any atom is -0.313 e. The van der Waals surface area contributed by atoms with Gasteiger partial charge in [0, 0.05) is 6.04 Å². The third-order valence-corrected chi connectivity index (χ3v) is 4.37. The highest BCUT2D eigenvalue weighted by Crippen LogP contribution is 2.37. The van der Waals surface area contributed by atoms with Crippen molar-refractivity contribution in [3.63, 3.8) is 0 Å². The van der Waals surface area contributed by atoms with Gasteiger partial charge in [-0.15, -0.1) is 0 Å². The SMILES string of the molecule is FC(F)(F)C1CCCNC1CCC1CCCC1. The quantitative estimate of drug-likeness (QED) is 0.800. The third-order valence-electron chi connectivity index (χ3n) is 4.37. The lowest BCUT2D eigenvalue weighted by Crippen LogP contribution is -2.47. The van der Waals surface area contributed by atoms with E-state index in [0.717, 1.165) is 13.0 Å². The van der Waals surface area contributed by atoms with Gasteiger partial charge >= 0.3 is 6.18 Å². The van der Waals surface area contributed by atoms with Gasteiger partial charge < -0.3 is 5.32 Å². The molecule has 0 amide bonds. The van der Waals surface area contributed by atoms with Gasteiger partial charge in [0.1, 0.15) is 0 Å². The molecule has 1 heterocycles. The van der Waals surface area contributed by atoms with Crippen molar-refractivity contribution < 1.29 is 13.2 Å². The van der Waals surface area contributed by atoms with Gasteiger partial charge in [-0.2, -0.15) is 13.2 Å². The summed E-state index contributed by atoms with van der Waals surface area (Å²) in [4.78, 5) is 0. The van der Waals surface area contributed by atoms with Gasteiger partial charge in [-0.1, -0.05) is 25.7 Å². The van der Waals surface area contributed by atoms with Gasteiger partial charge in [0.25, 0.3) is 0 Å². The molecule has 1 saturated carbocycles. The third kappa shape index (κ3) is 3.60. The Kier molecular flexibility index (Phi) is 4.34. The monoisotopic (exact) mass is 249 g/mol. The predicted molar refractivity (Wildman–Crippen MR) is 61.8 cm³/mol. The molecule has 1 nitrogen and oxygen atoms in total. The maximum absolute atomic E-state index is 12.9. The van der Waals surface area contributed by atoms with Crippen molar-refractivity contribution in [3.8, 4) is 0 Å². The van der Waals surface area contributed by atoms with Crippen LogP contribution >= 0.6 is 0 Å². The number of nitrogens with one attached hydrogen (secondary N) is 1. The number of halogens is 3. The van der Waals surface area contributed by atoms with E-state index in [1.807, 2.05) is 0 Å². The highest BCUT2D eigenvalue weighted by Gasteiger charge is 2.45. The molecule has 2 unspecified atom stereocenters. The Morgan fingerprint density at radius 3 is 2.29 bits per heavy atom. The molecule has 1 aliphatic carbocycles. The van der Waals surface area contributed by atoms with Gasteiger partial charge in [0.2, 0.25) is 0 Å². The van der Waals surface area contributed by atoms with Gasteiger partial charge in [0.15, 0.2) is 0 Å². The van der Waals surface area contributed by atoms with E-state index in [-0.39, 0.29) is 6.04 Å². The topological polar surface area (TPSA) is 12.0 Å². The van der Waals surface area contributed by atoms with Crippen LogP contribution in [0.2, 0.25) is 0 Å². The summed E-state index contributed by atoms with van der Waals surface area (Å²) < 4.78 is 38.6. The molecule has 17 heavy (non-hydrogen) atoms. The zero-order valence-electron chi connectivity index (χ0n) is 10.2. The van der Waals surface area contributed by atoms with Crippen molar-refractivity contribution in [2.45, 2.75) is 63.6 Å². The maximum Gasteiger partial charge on any atom is 0.393 e. The van der Waals surface area contributed by atoms with E-state index in [2.05, 4.69) is 5.32 Å². The van der Waals surface area contributed by atoms with Crippen molar-refractivity contribution in [1.29, 1.82) is 0 Å². The molecule has 0 aromatic heterocycles. The Hall–Kier alpha value is -0.250. The Morgan fingerprint density at radius 2 is 1.65 bits per heavy atom. The minimum atomic E-state index is -4.02. The molecule has 1 aliphatic heterocycles.